The zero-order chi connectivity index (χ0) is 22.4. The van der Waals surface area contributed by atoms with Crippen LogP contribution in [0.1, 0.15) is 17.4 Å². The lowest BCUT2D eigenvalue weighted by Gasteiger charge is -2.16. The molecule has 0 saturated carbocycles. The van der Waals surface area contributed by atoms with Crippen LogP contribution < -0.4 is 15.0 Å². The Kier molecular flexibility index (Phi) is 6.93. The molecule has 0 unspecified atom stereocenters. The molecule has 0 aliphatic heterocycles. The molecule has 31 heavy (non-hydrogen) atoms. The molecule has 2 aromatic heterocycles. The van der Waals surface area contributed by atoms with E-state index in [2.05, 4.69) is 19.9 Å². The molecule has 0 aliphatic carbocycles. The molecule has 0 fully saturated rings. The number of carbonyl (C=O) groups is 1. The number of methoxy groups -OCH3 is 1. The number of carbonyl (C=O) groups excluding carboxylic acids is 1. The van der Waals surface area contributed by atoms with Gasteiger partial charge in [-0.1, -0.05) is 0 Å². The highest BCUT2D eigenvalue weighted by Gasteiger charge is 2.13. The molecule has 0 saturated heterocycles. The van der Waals surface area contributed by atoms with E-state index < -0.39 is 0 Å². The summed E-state index contributed by atoms with van der Waals surface area (Å²) < 4.78 is 16.8. The van der Waals surface area contributed by atoms with Gasteiger partial charge in [0.2, 0.25) is 5.88 Å². The molecule has 10 heteroatoms. The van der Waals surface area contributed by atoms with Crippen LogP contribution in [0.15, 0.2) is 47.7 Å². The van der Waals surface area contributed by atoms with Crippen LogP contribution >= 0.6 is 0 Å². The van der Waals surface area contributed by atoms with Crippen molar-refractivity contribution in [3.05, 3.63) is 58.9 Å². The number of amides is 1. The van der Waals surface area contributed by atoms with Gasteiger partial charge in [-0.2, -0.15) is 0 Å². The zero-order valence-electron chi connectivity index (χ0n) is 17.7. The second kappa shape index (κ2) is 9.81. The van der Waals surface area contributed by atoms with Gasteiger partial charge in [-0.3, -0.25) is 9.59 Å². The van der Waals surface area contributed by atoms with Crippen molar-refractivity contribution < 1.29 is 19.0 Å². The molecule has 0 spiro atoms. The number of rotatable bonds is 8. The molecule has 1 amide bonds. The Morgan fingerprint density at radius 3 is 2.55 bits per heavy atom. The van der Waals surface area contributed by atoms with E-state index in [1.165, 1.54) is 29.6 Å². The minimum absolute atomic E-state index is 0.192. The first-order chi connectivity index (χ1) is 14.9. The molecule has 0 bridgehead atoms. The van der Waals surface area contributed by atoms with Gasteiger partial charge in [-0.25, -0.2) is 15.0 Å². The predicted molar refractivity (Wildman–Crippen MR) is 112 cm³/mol. The summed E-state index contributed by atoms with van der Waals surface area (Å²) in [5, 5.41) is 0. The second-order valence-corrected chi connectivity index (χ2v) is 6.90. The van der Waals surface area contributed by atoms with Gasteiger partial charge in [-0.05, 0) is 19.1 Å². The van der Waals surface area contributed by atoms with Crippen LogP contribution in [0.5, 0.6) is 17.4 Å². The van der Waals surface area contributed by atoms with Crippen molar-refractivity contribution in [1.82, 2.24) is 24.8 Å². The molecular weight excluding hydrogens is 402 g/mol. The maximum atomic E-state index is 12.0. The lowest BCUT2D eigenvalue weighted by atomic mass is 10.2. The summed E-state index contributed by atoms with van der Waals surface area (Å²) in [6, 6.07) is 6.43. The van der Waals surface area contributed by atoms with E-state index in [0.717, 1.165) is 0 Å². The fourth-order valence-corrected chi connectivity index (χ4v) is 2.68. The highest BCUT2D eigenvalue weighted by Crippen LogP contribution is 2.30. The van der Waals surface area contributed by atoms with Gasteiger partial charge in [0.15, 0.2) is 0 Å². The van der Waals surface area contributed by atoms with Crippen molar-refractivity contribution >= 4 is 5.91 Å². The fraction of sp³-hybridized carbons (Fsp3) is 0.286. The topological polar surface area (TPSA) is 120 Å². The first-order valence-electron chi connectivity index (χ1n) is 9.43. The van der Waals surface area contributed by atoms with E-state index in [-0.39, 0.29) is 29.1 Å². The third kappa shape index (κ3) is 5.86. The summed E-state index contributed by atoms with van der Waals surface area (Å²) in [6.07, 6.45) is 3.91. The highest BCUT2D eigenvalue weighted by molar-refractivity contribution is 5.91. The Bertz CT molecular complexity index is 1100. The van der Waals surface area contributed by atoms with Crippen molar-refractivity contribution in [2.75, 3.05) is 27.8 Å². The van der Waals surface area contributed by atoms with Crippen LogP contribution in [-0.2, 0) is 4.74 Å². The Hall–Kier alpha value is -3.79. The van der Waals surface area contributed by atoms with Crippen molar-refractivity contribution in [2.24, 2.45) is 0 Å². The average molecular weight is 425 g/mol. The molecule has 0 radical (unpaired) electrons. The smallest absolute Gasteiger partial charge is 0.273 e. The minimum atomic E-state index is -0.279. The van der Waals surface area contributed by atoms with Crippen LogP contribution in [0.25, 0.3) is 11.4 Å². The summed E-state index contributed by atoms with van der Waals surface area (Å²) in [6.45, 7) is 2.26. The third-order valence-electron chi connectivity index (χ3n) is 4.04. The van der Waals surface area contributed by atoms with Gasteiger partial charge in [0.05, 0.1) is 19.0 Å². The van der Waals surface area contributed by atoms with E-state index in [0.29, 0.717) is 29.5 Å². The lowest BCUT2D eigenvalue weighted by molar-refractivity contribution is 0.0821. The molecule has 10 nitrogen and oxygen atoms in total. The second-order valence-electron chi connectivity index (χ2n) is 6.90. The van der Waals surface area contributed by atoms with Crippen molar-refractivity contribution in [2.45, 2.75) is 13.0 Å². The largest absolute Gasteiger partial charge is 0.488 e. The van der Waals surface area contributed by atoms with Gasteiger partial charge in [0, 0.05) is 45.1 Å². The van der Waals surface area contributed by atoms with E-state index in [9.17, 15) is 9.59 Å². The molecule has 162 valence electrons. The van der Waals surface area contributed by atoms with Gasteiger partial charge >= 0.3 is 0 Å². The molecule has 1 N–H and O–H groups in total. The number of aromatic nitrogens is 4. The van der Waals surface area contributed by atoms with Crippen molar-refractivity contribution in [1.29, 1.82) is 0 Å². The maximum absolute atomic E-state index is 12.0. The normalized spacial score (nSPS) is 11.6. The molecule has 3 aromatic rings. The quantitative estimate of drug-likeness (QED) is 0.583. The minimum Gasteiger partial charge on any atom is -0.488 e. The standard InChI is InChI=1S/C21H23N5O5/c1-13(12-29-4)30-15-7-14(20-22-6-5-18(27)25-20)8-16(9-15)31-19-11-23-17(10-24-19)21(28)26(2)3/h5-11,13H,12H2,1-4H3,(H,22,25,27)/t13-/m0/s1. The van der Waals surface area contributed by atoms with Crippen LogP contribution in [0.4, 0.5) is 0 Å². The van der Waals surface area contributed by atoms with E-state index in [1.807, 2.05) is 6.92 Å². The summed E-state index contributed by atoms with van der Waals surface area (Å²) in [5.41, 5.74) is 0.510. The average Bonchev–Trinajstić information content (AvgIpc) is 2.73. The number of benzene rings is 1. The maximum Gasteiger partial charge on any atom is 0.273 e. The monoisotopic (exact) mass is 425 g/mol. The van der Waals surface area contributed by atoms with E-state index in [4.69, 9.17) is 14.2 Å². The van der Waals surface area contributed by atoms with E-state index >= 15 is 0 Å². The lowest BCUT2D eigenvalue weighted by Crippen LogP contribution is -2.22. The Morgan fingerprint density at radius 2 is 1.90 bits per heavy atom. The van der Waals surface area contributed by atoms with Gasteiger partial charge in [0.1, 0.15) is 29.1 Å². The summed E-state index contributed by atoms with van der Waals surface area (Å²) in [5.74, 6) is 1.18. The number of hydrogen-bond acceptors (Lipinski definition) is 8. The van der Waals surface area contributed by atoms with Crippen LogP contribution in [-0.4, -0.2) is 64.7 Å². The molecule has 1 atom stereocenters. The molecule has 1 aromatic carbocycles. The number of aromatic amines is 1. The summed E-state index contributed by atoms with van der Waals surface area (Å²) in [7, 11) is 4.86. The third-order valence-corrected chi connectivity index (χ3v) is 4.04. The Balaban J connectivity index is 1.92. The van der Waals surface area contributed by atoms with E-state index in [1.54, 1.807) is 39.4 Å². The number of ether oxygens (including phenoxy) is 3. The summed E-state index contributed by atoms with van der Waals surface area (Å²) >= 11 is 0. The van der Waals surface area contributed by atoms with Crippen LogP contribution in [0.3, 0.4) is 0 Å². The number of hydrogen-bond donors (Lipinski definition) is 1. The molecule has 0 aliphatic rings. The fourth-order valence-electron chi connectivity index (χ4n) is 2.68. The number of H-pyrrole nitrogens is 1. The van der Waals surface area contributed by atoms with Crippen molar-refractivity contribution in [3.8, 4) is 28.8 Å². The zero-order valence-corrected chi connectivity index (χ0v) is 17.7. The van der Waals surface area contributed by atoms with Crippen LogP contribution in [0.2, 0.25) is 0 Å². The number of nitrogens with one attached hydrogen (secondary N) is 1. The van der Waals surface area contributed by atoms with Gasteiger partial charge in [-0.15, -0.1) is 0 Å². The van der Waals surface area contributed by atoms with Crippen LogP contribution in [0, 0.1) is 0 Å². The molecule has 2 heterocycles. The van der Waals surface area contributed by atoms with Crippen molar-refractivity contribution in [3.63, 3.8) is 0 Å². The first-order valence-corrected chi connectivity index (χ1v) is 9.43. The first kappa shape index (κ1) is 21.9. The predicted octanol–water partition coefficient (Wildman–Crippen LogP) is 2.13. The summed E-state index contributed by atoms with van der Waals surface area (Å²) in [4.78, 5) is 40.2. The SMILES string of the molecule is COC[C@H](C)Oc1cc(Oc2cnc(C(=O)N(C)C)cn2)cc(-c2nccc(=O)[nH]2)c1. The molecular formula is C21H23N5O5. The number of nitrogens with zero attached hydrogens (tertiary/aromatic N) is 4. The van der Waals surface area contributed by atoms with Gasteiger partial charge < -0.3 is 24.1 Å². The Morgan fingerprint density at radius 1 is 1.13 bits per heavy atom. The Labute approximate surface area is 178 Å². The highest BCUT2D eigenvalue weighted by atomic mass is 16.5. The van der Waals surface area contributed by atoms with Gasteiger partial charge in [0.25, 0.3) is 11.5 Å². The molecule has 3 rings (SSSR count).